The molecule has 10 aromatic rings. The molecule has 12 rings (SSSR count). The lowest BCUT2D eigenvalue weighted by Gasteiger charge is -2.26. The second-order valence-corrected chi connectivity index (χ2v) is 18.5. The molecule has 0 saturated carbocycles. The first-order valence-electron chi connectivity index (χ1n) is 21.9. The molecule has 0 N–H and O–H groups in total. The molecule has 0 spiro atoms. The third-order valence-corrected chi connectivity index (χ3v) is 14.2. The number of hydrogen-bond donors (Lipinski definition) is 0. The molecule has 62 heavy (non-hydrogen) atoms. The van der Waals surface area contributed by atoms with Crippen LogP contribution in [0.15, 0.2) is 205 Å². The van der Waals surface area contributed by atoms with Crippen LogP contribution >= 0.6 is 0 Å². The Kier molecular flexibility index (Phi) is 8.06. The van der Waals surface area contributed by atoms with Crippen molar-refractivity contribution in [3.63, 3.8) is 0 Å². The number of furan rings is 1. The molecule has 0 amide bonds. The Hall–Kier alpha value is -7.22. The molecule has 0 saturated heterocycles. The SMILES string of the molecule is CC1(C)c2cc(-c3ccccc3)ccc2-c2ccc(C(c3ccc(-c4ccc5c(c4)oc4ccccc45)cc3)c3ccc4c(c3)C(C)(C)c3cc(-c5ccccc5)ccc3-4)cc21. The van der Waals surface area contributed by atoms with Crippen LogP contribution in [0.4, 0.5) is 0 Å². The molecule has 0 aliphatic heterocycles. The average molecular weight is 795 g/mol. The largest absolute Gasteiger partial charge is 0.456 e. The van der Waals surface area contributed by atoms with Crippen molar-refractivity contribution in [2.75, 3.05) is 0 Å². The van der Waals surface area contributed by atoms with Crippen LogP contribution in [0.25, 0.3) is 77.6 Å². The van der Waals surface area contributed by atoms with E-state index in [9.17, 15) is 0 Å². The first-order valence-corrected chi connectivity index (χ1v) is 21.9. The van der Waals surface area contributed by atoms with Gasteiger partial charge in [-0.05, 0) is 125 Å². The molecule has 9 aromatic carbocycles. The second kappa shape index (κ2) is 13.6. The van der Waals surface area contributed by atoms with E-state index in [1.54, 1.807) is 0 Å². The number of fused-ring (bicyclic) bond motifs is 9. The molecular weight excluding hydrogens is 749 g/mol. The molecule has 0 atom stereocenters. The van der Waals surface area contributed by atoms with Gasteiger partial charge in [-0.25, -0.2) is 0 Å². The lowest BCUT2D eigenvalue weighted by atomic mass is 9.77. The van der Waals surface area contributed by atoms with Gasteiger partial charge in [-0.1, -0.05) is 198 Å². The van der Waals surface area contributed by atoms with Crippen molar-refractivity contribution in [3.05, 3.63) is 239 Å². The van der Waals surface area contributed by atoms with E-state index < -0.39 is 0 Å². The molecule has 0 bridgehead atoms. The Labute approximate surface area is 364 Å². The van der Waals surface area contributed by atoms with E-state index in [0.29, 0.717) is 0 Å². The van der Waals surface area contributed by atoms with E-state index in [-0.39, 0.29) is 16.7 Å². The third kappa shape index (κ3) is 5.61. The Morgan fingerprint density at radius 1 is 0.306 bits per heavy atom. The second-order valence-electron chi connectivity index (χ2n) is 18.5. The summed E-state index contributed by atoms with van der Waals surface area (Å²) in [5.41, 5.74) is 23.7. The maximum Gasteiger partial charge on any atom is 0.136 e. The molecule has 0 fully saturated rings. The molecule has 1 nitrogen and oxygen atoms in total. The lowest BCUT2D eigenvalue weighted by molar-refractivity contribution is 0.657. The molecule has 0 unspecified atom stereocenters. The summed E-state index contributed by atoms with van der Waals surface area (Å²) in [6.45, 7) is 9.60. The molecule has 2 aliphatic rings. The van der Waals surface area contributed by atoms with Crippen molar-refractivity contribution in [2.24, 2.45) is 0 Å². The van der Waals surface area contributed by atoms with E-state index in [1.165, 1.54) is 89.0 Å². The van der Waals surface area contributed by atoms with Crippen LogP contribution in [0, 0.1) is 0 Å². The van der Waals surface area contributed by atoms with Crippen LogP contribution < -0.4 is 0 Å². The monoisotopic (exact) mass is 794 g/mol. The van der Waals surface area contributed by atoms with Gasteiger partial charge in [0.05, 0.1) is 0 Å². The zero-order chi connectivity index (χ0) is 41.7. The van der Waals surface area contributed by atoms with Gasteiger partial charge in [0.15, 0.2) is 0 Å². The standard InChI is InChI=1S/C61H46O/c1-60(2)53-33-42(38-13-7-5-8-14-38)23-28-47(53)49-30-26-45(35-55(49)60)59(41-21-19-40(20-22-41)44-25-32-52-51-17-11-12-18-57(51)62-58(52)37-44)46-27-31-50-48-29-24-43(39-15-9-6-10-16-39)34-54(48)61(3,4)56(50)36-46/h5-37,59H,1-4H3. The van der Waals surface area contributed by atoms with Gasteiger partial charge < -0.3 is 4.42 Å². The predicted molar refractivity (Wildman–Crippen MR) is 259 cm³/mol. The quantitative estimate of drug-likeness (QED) is 0.153. The first kappa shape index (κ1) is 36.6. The Morgan fingerprint density at radius 3 is 1.24 bits per heavy atom. The summed E-state index contributed by atoms with van der Waals surface area (Å²) in [5, 5.41) is 2.30. The molecule has 0 radical (unpaired) electrons. The minimum absolute atomic E-state index is 0.0243. The average Bonchev–Trinajstić information content (AvgIpc) is 3.88. The van der Waals surface area contributed by atoms with Gasteiger partial charge in [0, 0.05) is 27.5 Å². The number of para-hydroxylation sites is 1. The van der Waals surface area contributed by atoms with E-state index in [1.807, 2.05) is 12.1 Å². The fourth-order valence-electron chi connectivity index (χ4n) is 10.8. The fraction of sp³-hybridized carbons (Fsp3) is 0.115. The summed E-state index contributed by atoms with van der Waals surface area (Å²) in [4.78, 5) is 0. The van der Waals surface area contributed by atoms with Gasteiger partial charge in [0.2, 0.25) is 0 Å². The maximum absolute atomic E-state index is 6.30. The van der Waals surface area contributed by atoms with E-state index in [4.69, 9.17) is 4.42 Å². The van der Waals surface area contributed by atoms with Crippen LogP contribution in [-0.4, -0.2) is 0 Å². The maximum atomic E-state index is 6.30. The predicted octanol–water partition coefficient (Wildman–Crippen LogP) is 16.4. The smallest absolute Gasteiger partial charge is 0.136 e. The third-order valence-electron chi connectivity index (χ3n) is 14.2. The summed E-state index contributed by atoms with van der Waals surface area (Å²) in [6, 6.07) is 74.4. The van der Waals surface area contributed by atoms with Crippen molar-refractivity contribution >= 4 is 21.9 Å². The number of rotatable bonds is 6. The minimum atomic E-state index is -0.160. The van der Waals surface area contributed by atoms with Gasteiger partial charge in [-0.2, -0.15) is 0 Å². The van der Waals surface area contributed by atoms with Crippen molar-refractivity contribution in [2.45, 2.75) is 44.4 Å². The summed E-state index contributed by atoms with van der Waals surface area (Å²) in [5.74, 6) is 0.0243. The highest BCUT2D eigenvalue weighted by Gasteiger charge is 2.38. The van der Waals surface area contributed by atoms with Crippen molar-refractivity contribution < 1.29 is 4.42 Å². The zero-order valence-electron chi connectivity index (χ0n) is 35.5. The molecule has 1 heterocycles. The van der Waals surface area contributed by atoms with Gasteiger partial charge in [0.1, 0.15) is 11.2 Å². The minimum Gasteiger partial charge on any atom is -0.456 e. The highest BCUT2D eigenvalue weighted by atomic mass is 16.3. The van der Waals surface area contributed by atoms with Gasteiger partial charge in [0.25, 0.3) is 0 Å². The lowest BCUT2D eigenvalue weighted by Crippen LogP contribution is -2.17. The van der Waals surface area contributed by atoms with E-state index in [2.05, 4.69) is 216 Å². The molecular formula is C61H46O. The van der Waals surface area contributed by atoms with Crippen LogP contribution in [0.1, 0.15) is 72.6 Å². The molecule has 2 aliphatic carbocycles. The van der Waals surface area contributed by atoms with Crippen molar-refractivity contribution in [1.29, 1.82) is 0 Å². The summed E-state index contributed by atoms with van der Waals surface area (Å²) >= 11 is 0. The van der Waals surface area contributed by atoms with Gasteiger partial charge in [-0.15, -0.1) is 0 Å². The summed E-state index contributed by atoms with van der Waals surface area (Å²) in [6.07, 6.45) is 0. The topological polar surface area (TPSA) is 13.1 Å². The summed E-state index contributed by atoms with van der Waals surface area (Å²) in [7, 11) is 0. The van der Waals surface area contributed by atoms with Crippen LogP contribution in [0.3, 0.4) is 0 Å². The number of hydrogen-bond acceptors (Lipinski definition) is 1. The van der Waals surface area contributed by atoms with Gasteiger partial charge in [-0.3, -0.25) is 0 Å². The molecule has 296 valence electrons. The molecule has 1 aromatic heterocycles. The zero-order valence-corrected chi connectivity index (χ0v) is 35.5. The van der Waals surface area contributed by atoms with E-state index in [0.717, 1.165) is 27.5 Å². The van der Waals surface area contributed by atoms with Crippen LogP contribution in [-0.2, 0) is 10.8 Å². The van der Waals surface area contributed by atoms with E-state index >= 15 is 0 Å². The first-order chi connectivity index (χ1) is 30.2. The summed E-state index contributed by atoms with van der Waals surface area (Å²) < 4.78 is 6.30. The van der Waals surface area contributed by atoms with Crippen molar-refractivity contribution in [3.8, 4) is 55.6 Å². The normalized spacial score (nSPS) is 14.2. The Bertz CT molecular complexity index is 3230. The van der Waals surface area contributed by atoms with Crippen molar-refractivity contribution in [1.82, 2.24) is 0 Å². The van der Waals surface area contributed by atoms with Crippen LogP contribution in [0.2, 0.25) is 0 Å². The molecule has 1 heteroatoms. The number of benzene rings is 9. The van der Waals surface area contributed by atoms with Gasteiger partial charge >= 0.3 is 0 Å². The highest BCUT2D eigenvalue weighted by molar-refractivity contribution is 6.05. The Balaban J connectivity index is 0.972. The highest BCUT2D eigenvalue weighted by Crippen LogP contribution is 2.53. The fourth-order valence-corrected chi connectivity index (χ4v) is 10.8. The Morgan fingerprint density at radius 2 is 0.694 bits per heavy atom. The van der Waals surface area contributed by atoms with Crippen LogP contribution in [0.5, 0.6) is 0 Å².